The van der Waals surface area contributed by atoms with Crippen molar-refractivity contribution in [2.75, 3.05) is 13.2 Å². The highest BCUT2D eigenvalue weighted by Gasteiger charge is 2.18. The summed E-state index contributed by atoms with van der Waals surface area (Å²) in [6.07, 6.45) is -0.164. The number of hydrogen-bond donors (Lipinski definition) is 1. The fraction of sp³-hybridized carbons (Fsp3) is 0.385. The molecule has 0 aliphatic carbocycles. The number of carboxylic acid groups (broad SMARTS) is 1. The van der Waals surface area contributed by atoms with Gasteiger partial charge in [0.1, 0.15) is 13.2 Å². The number of aliphatic carboxylic acids is 1. The molecule has 0 bridgehead atoms. The summed E-state index contributed by atoms with van der Waals surface area (Å²) in [5, 5.41) is 8.57. The van der Waals surface area contributed by atoms with Crippen LogP contribution in [-0.4, -0.2) is 30.1 Å². The summed E-state index contributed by atoms with van der Waals surface area (Å²) in [6.45, 7) is 2.75. The Hall–Kier alpha value is -2.04. The molecule has 1 aromatic carbocycles. The second kappa shape index (κ2) is 5.08. The largest absolute Gasteiger partial charge is 0.486 e. The molecule has 0 unspecified atom stereocenters. The number of ketones is 1. The first kappa shape index (κ1) is 12.4. The summed E-state index contributed by atoms with van der Waals surface area (Å²) in [4.78, 5) is 22.4. The number of carbonyl (C=O) groups is 2. The fourth-order valence-electron chi connectivity index (χ4n) is 1.85. The lowest BCUT2D eigenvalue weighted by Gasteiger charge is -2.20. The number of hydrogen-bond acceptors (Lipinski definition) is 4. The van der Waals surface area contributed by atoms with Crippen LogP contribution in [0.15, 0.2) is 12.1 Å². The van der Waals surface area contributed by atoms with Crippen LogP contribution in [0, 0.1) is 6.92 Å². The molecule has 5 nitrogen and oxygen atoms in total. The molecule has 1 N–H and O–H groups in total. The molecule has 1 aliphatic rings. The van der Waals surface area contributed by atoms with Gasteiger partial charge in [-0.3, -0.25) is 9.59 Å². The molecule has 0 fully saturated rings. The average Bonchev–Trinajstić information content (AvgIpc) is 2.35. The first-order chi connectivity index (χ1) is 8.58. The summed E-state index contributed by atoms with van der Waals surface area (Å²) in [6, 6.07) is 3.39. The molecule has 0 spiro atoms. The van der Waals surface area contributed by atoms with E-state index in [0.29, 0.717) is 30.3 Å². The van der Waals surface area contributed by atoms with E-state index in [1.807, 2.05) is 0 Å². The third-order valence-corrected chi connectivity index (χ3v) is 2.76. The van der Waals surface area contributed by atoms with Crippen LogP contribution in [0.5, 0.6) is 11.5 Å². The predicted octanol–water partition coefficient (Wildman–Crippen LogP) is 1.81. The van der Waals surface area contributed by atoms with E-state index in [2.05, 4.69) is 0 Å². The second-order valence-corrected chi connectivity index (χ2v) is 4.13. The zero-order valence-corrected chi connectivity index (χ0v) is 10.1. The van der Waals surface area contributed by atoms with Crippen LogP contribution in [0.25, 0.3) is 0 Å². The van der Waals surface area contributed by atoms with Gasteiger partial charge in [0.2, 0.25) is 0 Å². The molecule has 1 aliphatic heterocycles. The minimum Gasteiger partial charge on any atom is -0.486 e. The molecule has 0 aromatic heterocycles. The average molecular weight is 250 g/mol. The standard InChI is InChI=1S/C13H14O5/c1-8-6-11-12(18-5-4-17-11)7-9(8)10(14)2-3-13(15)16/h6-7H,2-5H2,1H3,(H,15,16). The molecule has 0 amide bonds. The molecule has 0 saturated heterocycles. The third-order valence-electron chi connectivity index (χ3n) is 2.76. The van der Waals surface area contributed by atoms with Crippen LogP contribution in [0.1, 0.15) is 28.8 Å². The molecule has 5 heteroatoms. The lowest BCUT2D eigenvalue weighted by Crippen LogP contribution is -2.16. The van der Waals surface area contributed by atoms with Crippen LogP contribution in [0.2, 0.25) is 0 Å². The number of ether oxygens (including phenoxy) is 2. The third kappa shape index (κ3) is 2.61. The molecular formula is C13H14O5. The van der Waals surface area contributed by atoms with Gasteiger partial charge in [0.15, 0.2) is 17.3 Å². The number of carbonyl (C=O) groups excluding carboxylic acids is 1. The van der Waals surface area contributed by atoms with Gasteiger partial charge in [-0.15, -0.1) is 0 Å². The SMILES string of the molecule is Cc1cc2c(cc1C(=O)CCC(=O)O)OCCO2. The number of benzene rings is 1. The van der Waals surface area contributed by atoms with Crippen LogP contribution in [-0.2, 0) is 4.79 Å². The molecule has 1 heterocycles. The molecule has 0 saturated carbocycles. The van der Waals surface area contributed by atoms with Crippen molar-refractivity contribution in [1.82, 2.24) is 0 Å². The van der Waals surface area contributed by atoms with E-state index in [1.54, 1.807) is 19.1 Å². The zero-order valence-electron chi connectivity index (χ0n) is 10.1. The topological polar surface area (TPSA) is 72.8 Å². The summed E-state index contributed by atoms with van der Waals surface area (Å²) in [7, 11) is 0. The van der Waals surface area contributed by atoms with E-state index in [9.17, 15) is 9.59 Å². The van der Waals surface area contributed by atoms with Gasteiger partial charge in [0.05, 0.1) is 6.42 Å². The van der Waals surface area contributed by atoms with E-state index in [1.165, 1.54) is 0 Å². The van der Waals surface area contributed by atoms with Crippen LogP contribution < -0.4 is 9.47 Å². The smallest absolute Gasteiger partial charge is 0.303 e. The van der Waals surface area contributed by atoms with Crippen molar-refractivity contribution in [3.05, 3.63) is 23.3 Å². The van der Waals surface area contributed by atoms with Crippen molar-refractivity contribution >= 4 is 11.8 Å². The minimum absolute atomic E-state index is 0.00415. The highest BCUT2D eigenvalue weighted by Crippen LogP contribution is 2.33. The van der Waals surface area contributed by atoms with Crippen molar-refractivity contribution < 1.29 is 24.2 Å². The Balaban J connectivity index is 2.22. The maximum atomic E-state index is 11.9. The van der Waals surface area contributed by atoms with Crippen molar-refractivity contribution in [1.29, 1.82) is 0 Å². The lowest BCUT2D eigenvalue weighted by atomic mass is 10.0. The Morgan fingerprint density at radius 3 is 2.39 bits per heavy atom. The van der Waals surface area contributed by atoms with Gasteiger partial charge in [0, 0.05) is 12.0 Å². The molecular weight excluding hydrogens is 236 g/mol. The predicted molar refractivity (Wildman–Crippen MR) is 63.4 cm³/mol. The second-order valence-electron chi connectivity index (χ2n) is 4.13. The Morgan fingerprint density at radius 2 is 1.78 bits per heavy atom. The van der Waals surface area contributed by atoms with E-state index in [4.69, 9.17) is 14.6 Å². The lowest BCUT2D eigenvalue weighted by molar-refractivity contribution is -0.136. The van der Waals surface area contributed by atoms with Gasteiger partial charge in [0.25, 0.3) is 0 Å². The number of aryl methyl sites for hydroxylation is 1. The summed E-state index contributed by atoms with van der Waals surface area (Å²) < 4.78 is 10.8. The molecule has 1 aromatic rings. The van der Waals surface area contributed by atoms with Crippen LogP contribution in [0.4, 0.5) is 0 Å². The Bertz CT molecular complexity index is 492. The maximum absolute atomic E-state index is 11.9. The van der Waals surface area contributed by atoms with E-state index in [-0.39, 0.29) is 18.6 Å². The number of carboxylic acids is 1. The molecule has 96 valence electrons. The highest BCUT2D eigenvalue weighted by molar-refractivity contribution is 5.99. The van der Waals surface area contributed by atoms with Gasteiger partial charge < -0.3 is 14.6 Å². The van der Waals surface area contributed by atoms with E-state index in [0.717, 1.165) is 5.56 Å². The molecule has 0 atom stereocenters. The van der Waals surface area contributed by atoms with E-state index >= 15 is 0 Å². The van der Waals surface area contributed by atoms with Crippen molar-refractivity contribution in [2.24, 2.45) is 0 Å². The minimum atomic E-state index is -0.974. The van der Waals surface area contributed by atoms with Crippen molar-refractivity contribution in [3.63, 3.8) is 0 Å². The van der Waals surface area contributed by atoms with Crippen LogP contribution in [0.3, 0.4) is 0 Å². The summed E-state index contributed by atoms with van der Waals surface area (Å²) in [5.74, 6) is 0.0180. The highest BCUT2D eigenvalue weighted by atomic mass is 16.6. The van der Waals surface area contributed by atoms with Gasteiger partial charge in [-0.05, 0) is 24.6 Å². The van der Waals surface area contributed by atoms with Crippen molar-refractivity contribution in [2.45, 2.75) is 19.8 Å². The normalized spacial score (nSPS) is 13.2. The molecule has 18 heavy (non-hydrogen) atoms. The van der Waals surface area contributed by atoms with Gasteiger partial charge in [-0.2, -0.15) is 0 Å². The number of rotatable bonds is 4. The first-order valence-corrected chi connectivity index (χ1v) is 5.73. The summed E-state index contributed by atoms with van der Waals surface area (Å²) in [5.41, 5.74) is 1.27. The van der Waals surface area contributed by atoms with Crippen LogP contribution >= 0.6 is 0 Å². The first-order valence-electron chi connectivity index (χ1n) is 5.73. The maximum Gasteiger partial charge on any atom is 0.303 e. The van der Waals surface area contributed by atoms with Crippen molar-refractivity contribution in [3.8, 4) is 11.5 Å². The quantitative estimate of drug-likeness (QED) is 0.825. The Labute approximate surface area is 104 Å². The van der Waals surface area contributed by atoms with E-state index < -0.39 is 5.97 Å². The fourth-order valence-corrected chi connectivity index (χ4v) is 1.85. The molecule has 2 rings (SSSR count). The zero-order chi connectivity index (χ0) is 13.1. The molecule has 0 radical (unpaired) electrons. The Morgan fingerprint density at radius 1 is 1.17 bits per heavy atom. The number of fused-ring (bicyclic) bond motifs is 1. The van der Waals surface area contributed by atoms with Gasteiger partial charge >= 0.3 is 5.97 Å². The Kier molecular flexibility index (Phi) is 3.50. The summed E-state index contributed by atoms with van der Waals surface area (Å²) >= 11 is 0. The monoisotopic (exact) mass is 250 g/mol. The van der Waals surface area contributed by atoms with Gasteiger partial charge in [-0.25, -0.2) is 0 Å². The van der Waals surface area contributed by atoms with Gasteiger partial charge in [-0.1, -0.05) is 0 Å². The number of Topliss-reactive ketones (excluding diaryl/α,β-unsaturated/α-hetero) is 1.